The first kappa shape index (κ1) is 30.9. The molecule has 55 heavy (non-hydrogen) atoms. The second-order valence-electron chi connectivity index (χ2n) is 14.2. The molecular formula is C52H29N3. The summed E-state index contributed by atoms with van der Waals surface area (Å²) in [5, 5.41) is 31.1. The fraction of sp³-hybridized carbons (Fsp3) is 0. The molecule has 0 unspecified atom stereocenters. The topological polar surface area (TPSA) is 52.5 Å². The van der Waals surface area contributed by atoms with E-state index in [1.807, 2.05) is 36.4 Å². The predicted octanol–water partition coefficient (Wildman–Crippen LogP) is 13.6. The number of hydrogen-bond acceptors (Lipinski definition) is 2. The molecular weight excluding hydrogens is 667 g/mol. The molecule has 0 aliphatic rings. The fourth-order valence-electron chi connectivity index (χ4n) is 9.13. The molecule has 1 aromatic heterocycles. The van der Waals surface area contributed by atoms with Crippen molar-refractivity contribution in [3.63, 3.8) is 0 Å². The van der Waals surface area contributed by atoms with Gasteiger partial charge in [0.2, 0.25) is 0 Å². The lowest BCUT2D eigenvalue weighted by Gasteiger charge is -2.20. The molecule has 0 fully saturated rings. The highest BCUT2D eigenvalue weighted by atomic mass is 15.0. The van der Waals surface area contributed by atoms with E-state index >= 15 is 0 Å². The molecule has 1 heterocycles. The molecule has 10 aromatic carbocycles. The third-order valence-corrected chi connectivity index (χ3v) is 11.4. The standard InChI is InChI=1S/C52H29N3/c53-30-32-18-20-33(21-19-32)36-23-25-44(39-13-5-4-12-38(36)39)49-40-14-6-8-16-42(40)50(43-17-9-7-15-41(43)49)45-27-29-48-52-46(45)26-24-37-34(31-54)22-28-47(51(37)52)55(48)35-10-2-1-3-11-35/h1-29H. The molecule has 0 N–H and O–H groups in total. The van der Waals surface area contributed by atoms with Gasteiger partial charge in [-0.25, -0.2) is 0 Å². The average molecular weight is 696 g/mol. The lowest BCUT2D eigenvalue weighted by Crippen LogP contribution is -1.94. The third kappa shape index (κ3) is 4.42. The molecule has 11 rings (SSSR count). The first-order chi connectivity index (χ1) is 27.2. The number of aromatic nitrogens is 1. The van der Waals surface area contributed by atoms with Crippen LogP contribution in [0.4, 0.5) is 0 Å². The van der Waals surface area contributed by atoms with Crippen molar-refractivity contribution in [1.29, 1.82) is 10.5 Å². The van der Waals surface area contributed by atoms with Gasteiger partial charge in [-0.1, -0.05) is 133 Å². The van der Waals surface area contributed by atoms with Crippen LogP contribution in [0.25, 0.3) is 104 Å². The first-order valence-corrected chi connectivity index (χ1v) is 18.5. The predicted molar refractivity (Wildman–Crippen MR) is 228 cm³/mol. The van der Waals surface area contributed by atoms with E-state index in [-0.39, 0.29) is 0 Å². The third-order valence-electron chi connectivity index (χ3n) is 11.4. The highest BCUT2D eigenvalue weighted by Gasteiger charge is 2.24. The van der Waals surface area contributed by atoms with Gasteiger partial charge in [-0.15, -0.1) is 0 Å². The average Bonchev–Trinajstić information content (AvgIpc) is 3.60. The Bertz CT molecular complexity index is 3370. The van der Waals surface area contributed by atoms with Gasteiger partial charge < -0.3 is 4.57 Å². The Labute approximate surface area is 317 Å². The molecule has 0 saturated carbocycles. The molecule has 0 bridgehead atoms. The van der Waals surface area contributed by atoms with Crippen molar-refractivity contribution < 1.29 is 0 Å². The minimum atomic E-state index is 0.654. The molecule has 0 saturated heterocycles. The van der Waals surface area contributed by atoms with Gasteiger partial charge in [0.05, 0.1) is 34.3 Å². The monoisotopic (exact) mass is 695 g/mol. The van der Waals surface area contributed by atoms with Gasteiger partial charge in [-0.05, 0) is 114 Å². The smallest absolute Gasteiger partial charge is 0.0998 e. The van der Waals surface area contributed by atoms with Crippen molar-refractivity contribution in [1.82, 2.24) is 4.57 Å². The Morgan fingerprint density at radius 1 is 0.345 bits per heavy atom. The lowest BCUT2D eigenvalue weighted by atomic mass is 9.82. The van der Waals surface area contributed by atoms with E-state index in [0.717, 1.165) is 38.6 Å². The summed E-state index contributed by atoms with van der Waals surface area (Å²) in [4.78, 5) is 0. The molecule has 3 nitrogen and oxygen atoms in total. The maximum atomic E-state index is 10.2. The van der Waals surface area contributed by atoms with E-state index in [1.165, 1.54) is 65.3 Å². The van der Waals surface area contributed by atoms with E-state index in [9.17, 15) is 10.5 Å². The maximum Gasteiger partial charge on any atom is 0.0998 e. The maximum absolute atomic E-state index is 10.2. The molecule has 11 aromatic rings. The van der Waals surface area contributed by atoms with Crippen LogP contribution in [0.1, 0.15) is 11.1 Å². The van der Waals surface area contributed by atoms with Crippen LogP contribution < -0.4 is 0 Å². The summed E-state index contributed by atoms with van der Waals surface area (Å²) in [6.45, 7) is 0. The fourth-order valence-corrected chi connectivity index (χ4v) is 9.13. The Morgan fingerprint density at radius 3 is 1.42 bits per heavy atom. The molecule has 0 radical (unpaired) electrons. The van der Waals surface area contributed by atoms with Crippen molar-refractivity contribution in [2.24, 2.45) is 0 Å². The molecule has 3 heteroatoms. The van der Waals surface area contributed by atoms with Crippen LogP contribution >= 0.6 is 0 Å². The number of fused-ring (bicyclic) bond motifs is 3. The summed E-state index contributed by atoms with van der Waals surface area (Å²) in [6, 6.07) is 66.9. The van der Waals surface area contributed by atoms with Gasteiger partial charge >= 0.3 is 0 Å². The summed E-state index contributed by atoms with van der Waals surface area (Å²) in [5.74, 6) is 0. The van der Waals surface area contributed by atoms with Gasteiger partial charge in [-0.3, -0.25) is 0 Å². The SMILES string of the molecule is N#Cc1ccc(-c2ccc(-c3c4ccccc4c(-c4ccc5c6c4ccc4c(C#N)ccc(c46)n5-c4ccccc4)c4ccccc34)c3ccccc23)cc1. The second kappa shape index (κ2) is 11.9. The van der Waals surface area contributed by atoms with E-state index in [4.69, 9.17) is 0 Å². The summed E-state index contributed by atoms with van der Waals surface area (Å²) < 4.78 is 2.33. The molecule has 0 aliphatic heterocycles. The van der Waals surface area contributed by atoms with E-state index < -0.39 is 0 Å². The Kier molecular flexibility index (Phi) is 6.68. The minimum absolute atomic E-state index is 0.654. The van der Waals surface area contributed by atoms with Crippen molar-refractivity contribution in [2.75, 3.05) is 0 Å². The van der Waals surface area contributed by atoms with Crippen LogP contribution in [-0.4, -0.2) is 4.57 Å². The number of para-hydroxylation sites is 1. The summed E-state index contributed by atoms with van der Waals surface area (Å²) in [7, 11) is 0. The Hall–Kier alpha value is -7.72. The summed E-state index contributed by atoms with van der Waals surface area (Å²) in [6.07, 6.45) is 0. The quantitative estimate of drug-likeness (QED) is 0.136. The van der Waals surface area contributed by atoms with Crippen LogP contribution in [0.3, 0.4) is 0 Å². The van der Waals surface area contributed by atoms with Crippen LogP contribution in [0.15, 0.2) is 176 Å². The zero-order chi connectivity index (χ0) is 36.6. The van der Waals surface area contributed by atoms with Gasteiger partial charge in [0.25, 0.3) is 0 Å². The molecule has 0 aliphatic carbocycles. The highest BCUT2D eigenvalue weighted by molar-refractivity contribution is 6.31. The van der Waals surface area contributed by atoms with Gasteiger partial charge in [0.15, 0.2) is 0 Å². The highest BCUT2D eigenvalue weighted by Crippen LogP contribution is 2.49. The largest absolute Gasteiger partial charge is 0.309 e. The molecule has 0 atom stereocenters. The molecule has 0 spiro atoms. The second-order valence-corrected chi connectivity index (χ2v) is 14.2. The zero-order valence-corrected chi connectivity index (χ0v) is 29.6. The van der Waals surface area contributed by atoms with Crippen molar-refractivity contribution in [3.8, 4) is 51.2 Å². The number of nitrogens with zero attached hydrogens (tertiary/aromatic N) is 3. The van der Waals surface area contributed by atoms with Crippen LogP contribution in [-0.2, 0) is 0 Å². The number of benzene rings is 10. The normalized spacial score (nSPS) is 11.6. The van der Waals surface area contributed by atoms with Gasteiger partial charge in [0, 0.05) is 21.8 Å². The van der Waals surface area contributed by atoms with E-state index in [0.29, 0.717) is 11.1 Å². The van der Waals surface area contributed by atoms with Gasteiger partial charge in [-0.2, -0.15) is 10.5 Å². The zero-order valence-electron chi connectivity index (χ0n) is 29.6. The van der Waals surface area contributed by atoms with Crippen LogP contribution in [0.5, 0.6) is 0 Å². The molecule has 0 amide bonds. The number of rotatable bonds is 4. The van der Waals surface area contributed by atoms with Gasteiger partial charge in [0.1, 0.15) is 0 Å². The number of nitriles is 2. The Balaban J connectivity index is 1.23. The first-order valence-electron chi connectivity index (χ1n) is 18.5. The van der Waals surface area contributed by atoms with Crippen LogP contribution in [0, 0.1) is 22.7 Å². The van der Waals surface area contributed by atoms with Crippen molar-refractivity contribution in [2.45, 2.75) is 0 Å². The van der Waals surface area contributed by atoms with Crippen molar-refractivity contribution >= 4 is 64.9 Å². The van der Waals surface area contributed by atoms with E-state index in [2.05, 4.69) is 156 Å². The van der Waals surface area contributed by atoms with Crippen LogP contribution in [0.2, 0.25) is 0 Å². The summed E-state index contributed by atoms with van der Waals surface area (Å²) >= 11 is 0. The number of hydrogen-bond donors (Lipinski definition) is 0. The minimum Gasteiger partial charge on any atom is -0.309 e. The molecule has 252 valence electrons. The Morgan fingerprint density at radius 2 is 0.818 bits per heavy atom. The van der Waals surface area contributed by atoms with Crippen molar-refractivity contribution in [3.05, 3.63) is 187 Å². The van der Waals surface area contributed by atoms with E-state index in [1.54, 1.807) is 0 Å². The lowest BCUT2D eigenvalue weighted by molar-refractivity contribution is 1.18. The summed E-state index contributed by atoms with van der Waals surface area (Å²) in [5.41, 5.74) is 11.7.